The largest absolute Gasteiger partial charge is 0.495 e. The maximum absolute atomic E-state index is 13.0. The van der Waals surface area contributed by atoms with Crippen LogP contribution in [0.4, 0.5) is 5.69 Å². The SMILES string of the molecule is COc1ccc(C(=O)OC(C)C(=O)Nc2c(C)nn(C)c2C)cc1S(=O)(=O)N1CCCC1. The number of nitrogens with zero attached hydrogens (tertiary/aromatic N) is 3. The second-order valence-electron chi connectivity index (χ2n) is 7.68. The number of aromatic nitrogens is 2. The van der Waals surface area contributed by atoms with Crippen molar-refractivity contribution in [3.63, 3.8) is 0 Å². The zero-order valence-corrected chi connectivity index (χ0v) is 19.7. The summed E-state index contributed by atoms with van der Waals surface area (Å²) in [6.45, 7) is 5.86. The maximum atomic E-state index is 13.0. The van der Waals surface area contributed by atoms with Gasteiger partial charge < -0.3 is 14.8 Å². The van der Waals surface area contributed by atoms with Crippen molar-refractivity contribution in [1.29, 1.82) is 0 Å². The Labute approximate surface area is 187 Å². The summed E-state index contributed by atoms with van der Waals surface area (Å²) in [6.07, 6.45) is 0.458. The van der Waals surface area contributed by atoms with E-state index in [1.165, 1.54) is 36.5 Å². The van der Waals surface area contributed by atoms with Gasteiger partial charge in [-0.15, -0.1) is 0 Å². The summed E-state index contributed by atoms with van der Waals surface area (Å²) in [5.41, 5.74) is 1.98. The van der Waals surface area contributed by atoms with Crippen molar-refractivity contribution in [2.45, 2.75) is 44.6 Å². The van der Waals surface area contributed by atoms with Gasteiger partial charge in [-0.2, -0.15) is 9.40 Å². The van der Waals surface area contributed by atoms with E-state index in [-0.39, 0.29) is 16.2 Å². The first-order valence-corrected chi connectivity index (χ1v) is 11.7. The van der Waals surface area contributed by atoms with Crippen molar-refractivity contribution in [1.82, 2.24) is 14.1 Å². The van der Waals surface area contributed by atoms with Crippen molar-refractivity contribution in [2.24, 2.45) is 7.05 Å². The molecule has 11 heteroatoms. The Kier molecular flexibility index (Phi) is 6.89. The van der Waals surface area contributed by atoms with Gasteiger partial charge in [0.25, 0.3) is 5.91 Å². The summed E-state index contributed by atoms with van der Waals surface area (Å²) in [6, 6.07) is 4.05. The van der Waals surface area contributed by atoms with Gasteiger partial charge in [-0.05, 0) is 51.8 Å². The molecule has 1 unspecified atom stereocenters. The molecule has 0 aliphatic carbocycles. The minimum atomic E-state index is -3.82. The summed E-state index contributed by atoms with van der Waals surface area (Å²) in [4.78, 5) is 25.1. The molecule has 3 rings (SSSR count). The van der Waals surface area contributed by atoms with Gasteiger partial charge in [-0.25, -0.2) is 13.2 Å². The van der Waals surface area contributed by atoms with Crippen LogP contribution in [0.2, 0.25) is 0 Å². The molecule has 0 bridgehead atoms. The average Bonchev–Trinajstić information content (AvgIpc) is 3.38. The number of carbonyl (C=O) groups is 2. The van der Waals surface area contributed by atoms with Crippen LogP contribution in [0.3, 0.4) is 0 Å². The molecule has 2 heterocycles. The van der Waals surface area contributed by atoms with Crippen LogP contribution in [0, 0.1) is 13.8 Å². The van der Waals surface area contributed by atoms with Crippen molar-refractivity contribution < 1.29 is 27.5 Å². The van der Waals surface area contributed by atoms with Crippen LogP contribution in [0.5, 0.6) is 5.75 Å². The van der Waals surface area contributed by atoms with Gasteiger partial charge in [-0.3, -0.25) is 9.48 Å². The van der Waals surface area contributed by atoms with Gasteiger partial charge in [0.15, 0.2) is 6.10 Å². The number of hydrogen-bond acceptors (Lipinski definition) is 7. The molecule has 174 valence electrons. The molecule has 1 aromatic heterocycles. The molecule has 1 aliphatic heterocycles. The number of ether oxygens (including phenoxy) is 2. The first-order valence-electron chi connectivity index (χ1n) is 10.3. The number of amides is 1. The van der Waals surface area contributed by atoms with E-state index >= 15 is 0 Å². The number of nitrogens with one attached hydrogen (secondary N) is 1. The molecule has 1 fully saturated rings. The molecule has 1 saturated heterocycles. The third-order valence-electron chi connectivity index (χ3n) is 5.49. The van der Waals surface area contributed by atoms with Gasteiger partial charge in [0.2, 0.25) is 10.0 Å². The first-order chi connectivity index (χ1) is 15.1. The minimum absolute atomic E-state index is 0.0111. The van der Waals surface area contributed by atoms with E-state index < -0.39 is 28.0 Å². The molecule has 1 atom stereocenters. The summed E-state index contributed by atoms with van der Waals surface area (Å²) >= 11 is 0. The highest BCUT2D eigenvalue weighted by atomic mass is 32.2. The molecular weight excluding hydrogens is 436 g/mol. The summed E-state index contributed by atoms with van der Waals surface area (Å²) in [5.74, 6) is -1.19. The van der Waals surface area contributed by atoms with Crippen LogP contribution in [0.1, 0.15) is 41.5 Å². The molecule has 1 aromatic carbocycles. The van der Waals surface area contributed by atoms with Gasteiger partial charge in [-0.1, -0.05) is 0 Å². The first kappa shape index (κ1) is 23.7. The lowest BCUT2D eigenvalue weighted by atomic mass is 10.2. The molecule has 2 aromatic rings. The monoisotopic (exact) mass is 464 g/mol. The van der Waals surface area contributed by atoms with E-state index in [2.05, 4.69) is 10.4 Å². The van der Waals surface area contributed by atoms with Crippen LogP contribution in [0.15, 0.2) is 23.1 Å². The Morgan fingerprint density at radius 2 is 1.84 bits per heavy atom. The second kappa shape index (κ2) is 9.29. The van der Waals surface area contributed by atoms with Crippen LogP contribution >= 0.6 is 0 Å². The number of hydrogen-bond donors (Lipinski definition) is 1. The fraction of sp³-hybridized carbons (Fsp3) is 0.476. The summed E-state index contributed by atoms with van der Waals surface area (Å²) in [5, 5.41) is 6.96. The van der Waals surface area contributed by atoms with Gasteiger partial charge >= 0.3 is 5.97 Å². The summed E-state index contributed by atoms with van der Waals surface area (Å²) < 4.78 is 39.5. The van der Waals surface area contributed by atoms with Crippen LogP contribution in [-0.2, 0) is 26.6 Å². The van der Waals surface area contributed by atoms with Gasteiger partial charge in [0.05, 0.1) is 29.7 Å². The van der Waals surface area contributed by atoms with Crippen LogP contribution < -0.4 is 10.1 Å². The predicted octanol–water partition coefficient (Wildman–Crippen LogP) is 2.01. The molecule has 1 aliphatic rings. The molecule has 10 nitrogen and oxygen atoms in total. The number of aryl methyl sites for hydroxylation is 2. The average molecular weight is 465 g/mol. The Morgan fingerprint density at radius 3 is 2.41 bits per heavy atom. The third kappa shape index (κ3) is 4.63. The normalized spacial score (nSPS) is 15.4. The molecular formula is C21H28N4O6S. The smallest absolute Gasteiger partial charge is 0.338 e. The van der Waals surface area contributed by atoms with E-state index in [0.717, 1.165) is 18.5 Å². The lowest BCUT2D eigenvalue weighted by Gasteiger charge is -2.18. The lowest BCUT2D eigenvalue weighted by molar-refractivity contribution is -0.123. The van der Waals surface area contributed by atoms with Crippen LogP contribution in [0.25, 0.3) is 0 Å². The minimum Gasteiger partial charge on any atom is -0.495 e. The molecule has 1 amide bonds. The number of esters is 1. The Balaban J connectivity index is 1.78. The number of sulfonamides is 1. The molecule has 0 saturated carbocycles. The van der Waals surface area contributed by atoms with Crippen molar-refractivity contribution in [2.75, 3.05) is 25.5 Å². The van der Waals surface area contributed by atoms with E-state index in [9.17, 15) is 18.0 Å². The summed E-state index contributed by atoms with van der Waals surface area (Å²) in [7, 11) is -0.689. The number of anilines is 1. The standard InChI is InChI=1S/C21H28N4O6S/c1-13-19(14(2)24(4)23-13)22-20(26)15(3)31-21(27)16-8-9-17(30-5)18(12-16)32(28,29)25-10-6-7-11-25/h8-9,12,15H,6-7,10-11H2,1-5H3,(H,22,26). The van der Waals surface area contributed by atoms with Crippen LogP contribution in [-0.4, -0.2) is 60.7 Å². The Hall–Kier alpha value is -2.92. The van der Waals surface area contributed by atoms with E-state index in [1.807, 2.05) is 6.92 Å². The Bertz CT molecular complexity index is 1140. The van der Waals surface area contributed by atoms with E-state index in [4.69, 9.17) is 9.47 Å². The second-order valence-corrected chi connectivity index (χ2v) is 9.59. The highest BCUT2D eigenvalue weighted by Crippen LogP contribution is 2.30. The predicted molar refractivity (Wildman–Crippen MR) is 117 cm³/mol. The highest BCUT2D eigenvalue weighted by Gasteiger charge is 2.31. The van der Waals surface area contributed by atoms with Crippen molar-refractivity contribution in [3.8, 4) is 5.75 Å². The number of rotatable bonds is 7. The molecule has 32 heavy (non-hydrogen) atoms. The van der Waals surface area contributed by atoms with Gasteiger partial charge in [0, 0.05) is 20.1 Å². The molecule has 0 spiro atoms. The number of benzene rings is 1. The topological polar surface area (TPSA) is 120 Å². The quantitative estimate of drug-likeness (QED) is 0.623. The molecule has 0 radical (unpaired) electrons. The maximum Gasteiger partial charge on any atom is 0.338 e. The highest BCUT2D eigenvalue weighted by molar-refractivity contribution is 7.89. The van der Waals surface area contributed by atoms with Crippen molar-refractivity contribution >= 4 is 27.6 Å². The number of methoxy groups -OCH3 is 1. The number of carbonyl (C=O) groups excluding carboxylic acids is 2. The Morgan fingerprint density at radius 1 is 1.19 bits per heavy atom. The zero-order chi connectivity index (χ0) is 23.6. The lowest BCUT2D eigenvalue weighted by Crippen LogP contribution is -2.31. The fourth-order valence-electron chi connectivity index (χ4n) is 3.53. The fourth-order valence-corrected chi connectivity index (χ4v) is 5.23. The van der Waals surface area contributed by atoms with E-state index in [1.54, 1.807) is 18.7 Å². The van der Waals surface area contributed by atoms with Gasteiger partial charge in [0.1, 0.15) is 10.6 Å². The van der Waals surface area contributed by atoms with Crippen molar-refractivity contribution in [3.05, 3.63) is 35.2 Å². The molecule has 1 N–H and O–H groups in total. The zero-order valence-electron chi connectivity index (χ0n) is 18.8. The van der Waals surface area contributed by atoms with E-state index in [0.29, 0.717) is 24.5 Å². The third-order valence-corrected chi connectivity index (χ3v) is 7.41.